The molecule has 6 heteroatoms. The molecule has 3 aromatic carbocycles. The van der Waals surface area contributed by atoms with Gasteiger partial charge in [-0.2, -0.15) is 0 Å². The first-order valence-corrected chi connectivity index (χ1v) is 10.7. The summed E-state index contributed by atoms with van der Waals surface area (Å²) in [5, 5.41) is 1.18. The molecule has 4 nitrogen and oxygen atoms in total. The molecule has 0 unspecified atom stereocenters. The number of para-hydroxylation sites is 2. The van der Waals surface area contributed by atoms with E-state index in [1.54, 1.807) is 17.0 Å². The molecule has 0 spiro atoms. The quantitative estimate of drug-likeness (QED) is 0.427. The Bertz CT molecular complexity index is 1110. The summed E-state index contributed by atoms with van der Waals surface area (Å²) in [4.78, 5) is 20.3. The predicted molar refractivity (Wildman–Crippen MR) is 126 cm³/mol. The van der Waals surface area contributed by atoms with Gasteiger partial charge in [-0.3, -0.25) is 9.69 Å². The minimum Gasteiger partial charge on any atom is -0.493 e. The first-order chi connectivity index (χ1) is 14.7. The van der Waals surface area contributed by atoms with Crippen molar-refractivity contribution >= 4 is 51.9 Å². The fourth-order valence-corrected chi connectivity index (χ4v) is 4.20. The Labute approximate surface area is 184 Å². The maximum Gasteiger partial charge on any atom is 0.271 e. The molecule has 0 radical (unpaired) electrons. The summed E-state index contributed by atoms with van der Waals surface area (Å²) in [6, 6.07) is 24.5. The predicted octanol–water partition coefficient (Wildman–Crippen LogP) is 6.55. The molecular weight excluding hydrogens is 416 g/mol. The maximum absolute atomic E-state index is 13.3. The number of rotatable bonds is 5. The fourth-order valence-electron chi connectivity index (χ4n) is 3.03. The molecule has 1 aliphatic heterocycles. The van der Waals surface area contributed by atoms with Crippen LogP contribution in [-0.4, -0.2) is 17.7 Å². The minimum atomic E-state index is -0.136. The second-order valence-electron chi connectivity index (χ2n) is 6.43. The number of carbonyl (C=O) groups is 1. The highest BCUT2D eigenvalue weighted by molar-refractivity contribution is 8.19. The highest BCUT2D eigenvalue weighted by Gasteiger charge is 2.34. The highest BCUT2D eigenvalue weighted by atomic mass is 35.5. The Kier molecular flexibility index (Phi) is 6.21. The lowest BCUT2D eigenvalue weighted by molar-refractivity contribution is -0.113. The molecule has 0 aliphatic carbocycles. The molecule has 30 heavy (non-hydrogen) atoms. The average molecular weight is 435 g/mol. The van der Waals surface area contributed by atoms with Crippen LogP contribution in [0.3, 0.4) is 0 Å². The third-order valence-electron chi connectivity index (χ3n) is 4.36. The number of amidine groups is 1. The lowest BCUT2D eigenvalue weighted by Crippen LogP contribution is -2.28. The van der Waals surface area contributed by atoms with E-state index in [0.29, 0.717) is 27.5 Å². The number of carbonyl (C=O) groups excluding carboxylic acids is 1. The van der Waals surface area contributed by atoms with Crippen LogP contribution in [0, 0.1) is 0 Å². The largest absolute Gasteiger partial charge is 0.493 e. The van der Waals surface area contributed by atoms with E-state index in [0.717, 1.165) is 16.9 Å². The topological polar surface area (TPSA) is 41.9 Å². The van der Waals surface area contributed by atoms with Gasteiger partial charge in [0.25, 0.3) is 5.91 Å². The summed E-state index contributed by atoms with van der Waals surface area (Å²) >= 11 is 7.52. The standard InChI is InChI=1S/C24H19ClN2O2S/c1-2-29-21-14-13-18(25)15-17(21)16-22-23(28)27(20-11-7-4-8-12-20)24(30-22)26-19-9-5-3-6-10-19/h3-16H,2H2,1H3/b22-16-,26-24?. The SMILES string of the molecule is CCOc1ccc(Cl)cc1/C=C1\SC(=Nc2ccccc2)N(c2ccccc2)C1=O. The molecule has 1 aliphatic rings. The molecule has 0 aromatic heterocycles. The van der Waals surface area contributed by atoms with Crippen molar-refractivity contribution in [2.45, 2.75) is 6.92 Å². The average Bonchev–Trinajstić information content (AvgIpc) is 3.06. The van der Waals surface area contributed by atoms with Gasteiger partial charge >= 0.3 is 0 Å². The van der Waals surface area contributed by atoms with Gasteiger partial charge in [0.05, 0.1) is 22.9 Å². The van der Waals surface area contributed by atoms with Crippen molar-refractivity contribution in [1.82, 2.24) is 0 Å². The Morgan fingerprint density at radius 1 is 1.03 bits per heavy atom. The smallest absolute Gasteiger partial charge is 0.271 e. The van der Waals surface area contributed by atoms with Crippen LogP contribution < -0.4 is 9.64 Å². The van der Waals surface area contributed by atoms with Crippen LogP contribution in [0.2, 0.25) is 5.02 Å². The van der Waals surface area contributed by atoms with Gasteiger partial charge < -0.3 is 4.74 Å². The zero-order valence-corrected chi connectivity index (χ0v) is 17.9. The van der Waals surface area contributed by atoms with Crippen LogP contribution in [0.25, 0.3) is 6.08 Å². The van der Waals surface area contributed by atoms with Gasteiger partial charge in [-0.25, -0.2) is 4.99 Å². The second-order valence-corrected chi connectivity index (χ2v) is 7.88. The number of ether oxygens (including phenoxy) is 1. The molecular formula is C24H19ClN2O2S. The molecule has 1 amide bonds. The zero-order chi connectivity index (χ0) is 20.9. The highest BCUT2D eigenvalue weighted by Crippen LogP contribution is 2.38. The molecule has 1 heterocycles. The summed E-state index contributed by atoms with van der Waals surface area (Å²) in [5.41, 5.74) is 2.31. The van der Waals surface area contributed by atoms with E-state index >= 15 is 0 Å². The van der Waals surface area contributed by atoms with E-state index in [-0.39, 0.29) is 5.91 Å². The van der Waals surface area contributed by atoms with Crippen LogP contribution in [0.15, 0.2) is 88.8 Å². The number of hydrogen-bond donors (Lipinski definition) is 0. The van der Waals surface area contributed by atoms with Gasteiger partial charge in [-0.1, -0.05) is 48.0 Å². The van der Waals surface area contributed by atoms with Crippen molar-refractivity contribution in [2.75, 3.05) is 11.5 Å². The van der Waals surface area contributed by atoms with Gasteiger partial charge in [-0.15, -0.1) is 0 Å². The van der Waals surface area contributed by atoms with Crippen LogP contribution in [-0.2, 0) is 4.79 Å². The van der Waals surface area contributed by atoms with E-state index < -0.39 is 0 Å². The van der Waals surface area contributed by atoms with Gasteiger partial charge in [0.1, 0.15) is 5.75 Å². The van der Waals surface area contributed by atoms with Crippen molar-refractivity contribution in [1.29, 1.82) is 0 Å². The first kappa shape index (κ1) is 20.3. The summed E-state index contributed by atoms with van der Waals surface area (Å²) in [7, 11) is 0. The number of nitrogens with zero attached hydrogens (tertiary/aromatic N) is 2. The Morgan fingerprint density at radius 2 is 1.73 bits per heavy atom. The molecule has 1 saturated heterocycles. The van der Waals surface area contributed by atoms with Gasteiger partial charge in [0, 0.05) is 10.6 Å². The minimum absolute atomic E-state index is 0.136. The van der Waals surface area contributed by atoms with E-state index in [1.165, 1.54) is 11.8 Å². The number of hydrogen-bond acceptors (Lipinski definition) is 4. The van der Waals surface area contributed by atoms with Crippen molar-refractivity contribution in [3.63, 3.8) is 0 Å². The number of halogens is 1. The lowest BCUT2D eigenvalue weighted by Gasteiger charge is -2.15. The normalized spacial score (nSPS) is 16.5. The van der Waals surface area contributed by atoms with Crippen LogP contribution >= 0.6 is 23.4 Å². The van der Waals surface area contributed by atoms with Crippen molar-refractivity contribution in [3.05, 3.63) is 94.4 Å². The monoisotopic (exact) mass is 434 g/mol. The molecule has 0 atom stereocenters. The number of benzene rings is 3. The summed E-state index contributed by atoms with van der Waals surface area (Å²) in [6.45, 7) is 2.44. The van der Waals surface area contributed by atoms with Crippen molar-refractivity contribution in [3.8, 4) is 5.75 Å². The molecule has 0 saturated carbocycles. The fraction of sp³-hybridized carbons (Fsp3) is 0.0833. The van der Waals surface area contributed by atoms with Gasteiger partial charge in [0.2, 0.25) is 0 Å². The Morgan fingerprint density at radius 3 is 2.43 bits per heavy atom. The Balaban J connectivity index is 1.78. The Hall–Kier alpha value is -3.02. The third-order valence-corrected chi connectivity index (χ3v) is 5.56. The zero-order valence-electron chi connectivity index (χ0n) is 16.3. The summed E-state index contributed by atoms with van der Waals surface area (Å²) < 4.78 is 5.70. The maximum atomic E-state index is 13.3. The summed E-state index contributed by atoms with van der Waals surface area (Å²) in [6.07, 6.45) is 1.81. The van der Waals surface area contributed by atoms with Gasteiger partial charge in [0.15, 0.2) is 5.17 Å². The molecule has 150 valence electrons. The van der Waals surface area contributed by atoms with Crippen LogP contribution in [0.5, 0.6) is 5.75 Å². The van der Waals surface area contributed by atoms with Crippen molar-refractivity contribution < 1.29 is 9.53 Å². The number of aliphatic imine (C=N–C) groups is 1. The molecule has 0 bridgehead atoms. The summed E-state index contributed by atoms with van der Waals surface area (Å²) in [5.74, 6) is 0.547. The van der Waals surface area contributed by atoms with Crippen LogP contribution in [0.1, 0.15) is 12.5 Å². The van der Waals surface area contributed by atoms with E-state index in [1.807, 2.05) is 79.7 Å². The van der Waals surface area contributed by atoms with Gasteiger partial charge in [-0.05, 0) is 67.2 Å². The molecule has 4 rings (SSSR count). The first-order valence-electron chi connectivity index (χ1n) is 9.51. The lowest BCUT2D eigenvalue weighted by atomic mass is 10.1. The van der Waals surface area contributed by atoms with E-state index in [9.17, 15) is 4.79 Å². The molecule has 3 aromatic rings. The number of amides is 1. The van der Waals surface area contributed by atoms with Crippen LogP contribution in [0.4, 0.5) is 11.4 Å². The third kappa shape index (κ3) is 4.42. The molecule has 1 fully saturated rings. The molecule has 0 N–H and O–H groups in total. The second kappa shape index (κ2) is 9.20. The number of anilines is 1. The van der Waals surface area contributed by atoms with E-state index in [2.05, 4.69) is 0 Å². The van der Waals surface area contributed by atoms with E-state index in [4.69, 9.17) is 21.3 Å². The number of thioether (sulfide) groups is 1. The van der Waals surface area contributed by atoms with Crippen molar-refractivity contribution in [2.24, 2.45) is 4.99 Å².